The second-order valence-electron chi connectivity index (χ2n) is 8.82. The van der Waals surface area contributed by atoms with Crippen LogP contribution in [0.3, 0.4) is 0 Å². The smallest absolute Gasteiger partial charge is 0.307 e. The highest BCUT2D eigenvalue weighted by atomic mass is 31.2. The van der Waals surface area contributed by atoms with Gasteiger partial charge in [0.05, 0.1) is 10.6 Å². The highest BCUT2D eigenvalue weighted by molar-refractivity contribution is 7.74. The van der Waals surface area contributed by atoms with Crippen molar-refractivity contribution < 1.29 is 9.09 Å². The van der Waals surface area contributed by atoms with Crippen molar-refractivity contribution in [2.75, 3.05) is 0 Å². The van der Waals surface area contributed by atoms with Gasteiger partial charge in [-0.25, -0.2) is 0 Å². The zero-order chi connectivity index (χ0) is 23.5. The summed E-state index contributed by atoms with van der Waals surface area (Å²) in [5, 5.41) is 1.71. The SMILES string of the molecule is CCCCc1ccccc1OP(=O)(c1ccccc1CCCC)c1ccccc1CCCC. The Kier molecular flexibility index (Phi) is 9.82. The molecule has 0 heterocycles. The third kappa shape index (κ3) is 6.39. The Bertz CT molecular complexity index is 1000. The minimum Gasteiger partial charge on any atom is -0.437 e. The van der Waals surface area contributed by atoms with Gasteiger partial charge in [-0.05, 0) is 73.4 Å². The molecule has 3 aromatic rings. The van der Waals surface area contributed by atoms with E-state index in [9.17, 15) is 0 Å². The molecule has 176 valence electrons. The van der Waals surface area contributed by atoms with Crippen molar-refractivity contribution in [3.63, 3.8) is 0 Å². The average Bonchev–Trinajstić information content (AvgIpc) is 2.86. The molecule has 0 atom stereocenters. The van der Waals surface area contributed by atoms with Crippen molar-refractivity contribution in [1.82, 2.24) is 0 Å². The highest BCUT2D eigenvalue weighted by Crippen LogP contribution is 2.48. The fourth-order valence-electron chi connectivity index (χ4n) is 4.29. The first kappa shape index (κ1) is 25.3. The van der Waals surface area contributed by atoms with Crippen LogP contribution in [0.25, 0.3) is 0 Å². The van der Waals surface area contributed by atoms with E-state index in [-0.39, 0.29) is 0 Å². The maximum atomic E-state index is 15.2. The van der Waals surface area contributed by atoms with Crippen LogP contribution in [0.4, 0.5) is 0 Å². The molecule has 0 spiro atoms. The maximum absolute atomic E-state index is 15.2. The van der Waals surface area contributed by atoms with Crippen LogP contribution in [0.15, 0.2) is 72.8 Å². The van der Waals surface area contributed by atoms with Gasteiger partial charge in [-0.3, -0.25) is 4.57 Å². The summed E-state index contributed by atoms with van der Waals surface area (Å²) in [5.74, 6) is 0.755. The summed E-state index contributed by atoms with van der Waals surface area (Å²) in [6.45, 7) is 6.59. The van der Waals surface area contributed by atoms with Gasteiger partial charge >= 0.3 is 7.37 Å². The first-order valence-electron chi connectivity index (χ1n) is 12.7. The van der Waals surface area contributed by atoms with Gasteiger partial charge in [-0.15, -0.1) is 0 Å². The predicted octanol–water partition coefficient (Wildman–Crippen LogP) is 8.02. The van der Waals surface area contributed by atoms with Gasteiger partial charge in [0.15, 0.2) is 0 Å². The molecule has 0 N–H and O–H groups in total. The standard InChI is InChI=1S/C30H39O2P/c1-4-7-16-25-19-10-13-22-28(25)32-33(31,29-23-14-11-20-26(29)17-8-5-2)30-24-15-12-21-27(30)18-9-6-3/h10-15,19-24H,4-9,16-18H2,1-3H3. The Hall–Kier alpha value is -2.31. The predicted molar refractivity (Wildman–Crippen MR) is 143 cm³/mol. The summed E-state index contributed by atoms with van der Waals surface area (Å²) in [7, 11) is -3.36. The van der Waals surface area contributed by atoms with E-state index in [0.717, 1.165) is 90.8 Å². The van der Waals surface area contributed by atoms with E-state index in [1.54, 1.807) is 0 Å². The molecule has 33 heavy (non-hydrogen) atoms. The van der Waals surface area contributed by atoms with Crippen molar-refractivity contribution >= 4 is 18.0 Å². The minimum absolute atomic E-state index is 0.755. The Morgan fingerprint density at radius 3 is 1.45 bits per heavy atom. The van der Waals surface area contributed by atoms with Gasteiger partial charge in [-0.1, -0.05) is 94.6 Å². The molecular formula is C30H39O2P. The lowest BCUT2D eigenvalue weighted by Crippen LogP contribution is -2.26. The van der Waals surface area contributed by atoms with E-state index in [0.29, 0.717) is 0 Å². The summed E-state index contributed by atoms with van der Waals surface area (Å²) >= 11 is 0. The lowest BCUT2D eigenvalue weighted by Gasteiger charge is -2.26. The summed E-state index contributed by atoms with van der Waals surface area (Å²) < 4.78 is 21.9. The molecule has 0 aliphatic carbocycles. The molecule has 3 rings (SSSR count). The summed E-state index contributed by atoms with van der Waals surface area (Å²) in [5.41, 5.74) is 3.41. The number of hydrogen-bond acceptors (Lipinski definition) is 2. The molecule has 0 saturated carbocycles. The van der Waals surface area contributed by atoms with Crippen LogP contribution >= 0.6 is 7.37 Å². The quantitative estimate of drug-likeness (QED) is 0.240. The van der Waals surface area contributed by atoms with E-state index in [1.807, 2.05) is 42.5 Å². The van der Waals surface area contributed by atoms with Gasteiger partial charge in [0.25, 0.3) is 0 Å². The van der Waals surface area contributed by atoms with E-state index >= 15 is 4.57 Å². The molecule has 0 amide bonds. The first-order chi connectivity index (χ1) is 16.1. The monoisotopic (exact) mass is 462 g/mol. The van der Waals surface area contributed by atoms with Crippen LogP contribution in [0.1, 0.15) is 76.0 Å². The molecule has 0 aliphatic rings. The van der Waals surface area contributed by atoms with Gasteiger partial charge in [0, 0.05) is 0 Å². The molecular weight excluding hydrogens is 423 g/mol. The number of unbranched alkanes of at least 4 members (excludes halogenated alkanes) is 3. The zero-order valence-electron chi connectivity index (χ0n) is 20.6. The van der Waals surface area contributed by atoms with Crippen molar-refractivity contribution in [1.29, 1.82) is 0 Å². The number of para-hydroxylation sites is 1. The molecule has 0 bridgehead atoms. The van der Waals surface area contributed by atoms with Crippen LogP contribution in [-0.4, -0.2) is 0 Å². The zero-order valence-corrected chi connectivity index (χ0v) is 21.5. The highest BCUT2D eigenvalue weighted by Gasteiger charge is 2.34. The molecule has 3 aromatic carbocycles. The van der Waals surface area contributed by atoms with Crippen LogP contribution < -0.4 is 15.1 Å². The van der Waals surface area contributed by atoms with Crippen molar-refractivity contribution in [2.24, 2.45) is 0 Å². The Morgan fingerprint density at radius 2 is 0.970 bits per heavy atom. The second-order valence-corrected chi connectivity index (χ2v) is 11.1. The van der Waals surface area contributed by atoms with Crippen molar-refractivity contribution in [2.45, 2.75) is 78.6 Å². The lowest BCUT2D eigenvalue weighted by atomic mass is 10.1. The summed E-state index contributed by atoms with van der Waals surface area (Å²) in [4.78, 5) is 0. The summed E-state index contributed by atoms with van der Waals surface area (Å²) in [6, 6.07) is 24.5. The van der Waals surface area contributed by atoms with Crippen LogP contribution in [0.5, 0.6) is 5.75 Å². The van der Waals surface area contributed by atoms with Gasteiger partial charge in [-0.2, -0.15) is 0 Å². The van der Waals surface area contributed by atoms with E-state index in [2.05, 4.69) is 51.1 Å². The number of aryl methyl sites for hydroxylation is 3. The minimum atomic E-state index is -3.36. The number of hydrogen-bond donors (Lipinski definition) is 0. The number of rotatable bonds is 13. The van der Waals surface area contributed by atoms with Crippen molar-refractivity contribution in [3.05, 3.63) is 89.5 Å². The topological polar surface area (TPSA) is 26.3 Å². The lowest BCUT2D eigenvalue weighted by molar-refractivity contribution is 0.498. The Balaban J connectivity index is 2.17. The Labute approximate surface area is 200 Å². The molecule has 0 saturated heterocycles. The third-order valence-corrected chi connectivity index (χ3v) is 8.81. The summed E-state index contributed by atoms with van der Waals surface area (Å²) in [6.07, 6.45) is 9.31. The van der Waals surface area contributed by atoms with Gasteiger partial charge in [0.1, 0.15) is 5.75 Å². The fraction of sp³-hybridized carbons (Fsp3) is 0.400. The molecule has 2 nitrogen and oxygen atoms in total. The normalized spacial score (nSPS) is 11.5. The Morgan fingerprint density at radius 1 is 0.576 bits per heavy atom. The molecule has 0 aromatic heterocycles. The molecule has 3 heteroatoms. The van der Waals surface area contributed by atoms with Crippen LogP contribution in [0.2, 0.25) is 0 Å². The molecule has 0 fully saturated rings. The van der Waals surface area contributed by atoms with E-state index in [4.69, 9.17) is 4.52 Å². The van der Waals surface area contributed by atoms with E-state index < -0.39 is 7.37 Å². The first-order valence-corrected chi connectivity index (χ1v) is 14.3. The second kappa shape index (κ2) is 12.8. The van der Waals surface area contributed by atoms with Crippen LogP contribution in [-0.2, 0) is 23.8 Å². The van der Waals surface area contributed by atoms with E-state index in [1.165, 1.54) is 0 Å². The van der Waals surface area contributed by atoms with Gasteiger partial charge < -0.3 is 4.52 Å². The molecule has 0 aliphatic heterocycles. The van der Waals surface area contributed by atoms with Crippen LogP contribution in [0, 0.1) is 0 Å². The van der Waals surface area contributed by atoms with Gasteiger partial charge in [0.2, 0.25) is 0 Å². The van der Waals surface area contributed by atoms with Crippen molar-refractivity contribution in [3.8, 4) is 5.75 Å². The fourth-order valence-corrected chi connectivity index (χ4v) is 6.89. The molecule has 0 radical (unpaired) electrons. The number of benzene rings is 3. The largest absolute Gasteiger partial charge is 0.437 e. The average molecular weight is 463 g/mol. The third-order valence-electron chi connectivity index (χ3n) is 6.22. The maximum Gasteiger partial charge on any atom is 0.307 e. The molecule has 0 unspecified atom stereocenters.